The van der Waals surface area contributed by atoms with Gasteiger partial charge in [0.2, 0.25) is 0 Å². The molecule has 0 atom stereocenters. The van der Waals surface area contributed by atoms with Gasteiger partial charge in [-0.2, -0.15) is 0 Å². The van der Waals surface area contributed by atoms with E-state index in [1.54, 1.807) is 0 Å². The van der Waals surface area contributed by atoms with E-state index in [-0.39, 0.29) is 0 Å². The molecule has 0 bridgehead atoms. The van der Waals surface area contributed by atoms with Crippen LogP contribution in [0, 0.1) is 0 Å². The molecule has 0 radical (unpaired) electrons. The van der Waals surface area contributed by atoms with Crippen LogP contribution in [0.15, 0.2) is 30.3 Å². The van der Waals surface area contributed by atoms with Crippen LogP contribution in [0.1, 0.15) is 19.4 Å². The Balaban J connectivity index is 2.20. The van der Waals surface area contributed by atoms with Gasteiger partial charge in [-0.05, 0) is 32.4 Å². The van der Waals surface area contributed by atoms with Gasteiger partial charge in [0.1, 0.15) is 0 Å². The Morgan fingerprint density at radius 3 is 2.26 bits per heavy atom. The van der Waals surface area contributed by atoms with Crippen molar-refractivity contribution in [2.75, 3.05) is 32.5 Å². The topological polar surface area (TPSA) is 47.6 Å². The Hall–Kier alpha value is -0.670. The summed E-state index contributed by atoms with van der Waals surface area (Å²) in [6.45, 7) is 6.00. The summed E-state index contributed by atoms with van der Waals surface area (Å²) in [6.07, 6.45) is 1.39. The van der Waals surface area contributed by atoms with Crippen LogP contribution in [0.3, 0.4) is 0 Å². The van der Waals surface area contributed by atoms with E-state index in [4.69, 9.17) is 9.05 Å². The van der Waals surface area contributed by atoms with Crippen molar-refractivity contribution in [3.8, 4) is 0 Å². The Kier molecular flexibility index (Phi) is 7.99. The second-order valence-electron chi connectivity index (χ2n) is 4.16. The van der Waals surface area contributed by atoms with Crippen LogP contribution in [-0.2, 0) is 20.0 Å². The first-order valence-electron chi connectivity index (χ1n) is 6.83. The molecule has 108 valence electrons. The lowest BCUT2D eigenvalue weighted by Gasteiger charge is -2.17. The largest absolute Gasteiger partial charge is 0.331 e. The summed E-state index contributed by atoms with van der Waals surface area (Å²) in [7, 11) is -2.89. The van der Waals surface area contributed by atoms with E-state index in [0.29, 0.717) is 25.9 Å². The van der Waals surface area contributed by atoms with Crippen LogP contribution in [-0.4, -0.2) is 32.5 Å². The second kappa shape index (κ2) is 9.27. The molecule has 0 fully saturated rings. The molecule has 1 aromatic carbocycles. The van der Waals surface area contributed by atoms with Crippen molar-refractivity contribution in [2.24, 2.45) is 0 Å². The molecule has 0 aromatic heterocycles. The predicted molar refractivity (Wildman–Crippen MR) is 78.7 cm³/mol. The lowest BCUT2D eigenvalue weighted by atomic mass is 10.1. The first kappa shape index (κ1) is 16.4. The lowest BCUT2D eigenvalue weighted by Crippen LogP contribution is -2.22. The lowest BCUT2D eigenvalue weighted by molar-refractivity contribution is 0.220. The van der Waals surface area contributed by atoms with E-state index in [1.165, 1.54) is 5.56 Å². The molecule has 0 saturated heterocycles. The molecule has 0 spiro atoms. The molecule has 19 heavy (non-hydrogen) atoms. The van der Waals surface area contributed by atoms with E-state index >= 15 is 0 Å². The molecule has 0 aliphatic rings. The van der Waals surface area contributed by atoms with Crippen LogP contribution in [0.5, 0.6) is 0 Å². The fraction of sp³-hybridized carbons (Fsp3) is 0.571. The number of hydrogen-bond donors (Lipinski definition) is 1. The normalized spacial score (nSPS) is 11.7. The third kappa shape index (κ3) is 6.88. The zero-order valence-electron chi connectivity index (χ0n) is 11.8. The van der Waals surface area contributed by atoms with Crippen molar-refractivity contribution in [2.45, 2.75) is 20.3 Å². The molecule has 0 unspecified atom stereocenters. The first-order chi connectivity index (χ1) is 9.20. The Morgan fingerprint density at radius 1 is 1.05 bits per heavy atom. The van der Waals surface area contributed by atoms with Crippen molar-refractivity contribution >= 4 is 7.60 Å². The van der Waals surface area contributed by atoms with Gasteiger partial charge in [-0.15, -0.1) is 0 Å². The third-order valence-corrected chi connectivity index (χ3v) is 4.72. The molecule has 1 rings (SSSR count). The maximum Gasteiger partial charge on any atom is 0.331 e. The van der Waals surface area contributed by atoms with E-state index in [1.807, 2.05) is 32.0 Å². The van der Waals surface area contributed by atoms with Gasteiger partial charge >= 0.3 is 7.60 Å². The quantitative estimate of drug-likeness (QED) is 0.530. The average Bonchev–Trinajstić information content (AvgIpc) is 2.40. The summed E-state index contributed by atoms with van der Waals surface area (Å²) in [5, 5.41) is 3.27. The Labute approximate surface area is 116 Å². The van der Waals surface area contributed by atoms with Gasteiger partial charge in [0.05, 0.1) is 19.4 Å². The maximum absolute atomic E-state index is 12.2. The fourth-order valence-corrected chi connectivity index (χ4v) is 3.33. The molecule has 0 aliphatic carbocycles. The van der Waals surface area contributed by atoms with Crippen molar-refractivity contribution < 1.29 is 13.6 Å². The number of benzene rings is 1. The van der Waals surface area contributed by atoms with Crippen LogP contribution in [0.4, 0.5) is 0 Å². The van der Waals surface area contributed by atoms with Gasteiger partial charge in [-0.1, -0.05) is 30.3 Å². The maximum atomic E-state index is 12.2. The zero-order chi connectivity index (χ0) is 14.0. The molecule has 4 nitrogen and oxygen atoms in total. The highest BCUT2D eigenvalue weighted by Crippen LogP contribution is 2.47. The van der Waals surface area contributed by atoms with Crippen molar-refractivity contribution in [1.82, 2.24) is 5.32 Å². The molecule has 0 saturated carbocycles. The summed E-state index contributed by atoms with van der Waals surface area (Å²) >= 11 is 0. The summed E-state index contributed by atoms with van der Waals surface area (Å²) < 4.78 is 22.6. The van der Waals surface area contributed by atoms with E-state index in [0.717, 1.165) is 13.0 Å². The van der Waals surface area contributed by atoms with E-state index in [9.17, 15) is 4.57 Å². The third-order valence-electron chi connectivity index (χ3n) is 2.65. The van der Waals surface area contributed by atoms with E-state index < -0.39 is 7.60 Å². The Morgan fingerprint density at radius 2 is 1.68 bits per heavy atom. The first-order valence-corrected chi connectivity index (χ1v) is 8.55. The van der Waals surface area contributed by atoms with Crippen LogP contribution >= 0.6 is 7.60 Å². The average molecular weight is 285 g/mol. The molecule has 0 heterocycles. The minimum absolute atomic E-state index is 0.418. The molecule has 0 aliphatic heterocycles. The highest BCUT2D eigenvalue weighted by Gasteiger charge is 2.22. The zero-order valence-corrected chi connectivity index (χ0v) is 12.7. The monoisotopic (exact) mass is 285 g/mol. The van der Waals surface area contributed by atoms with Gasteiger partial charge in [0, 0.05) is 6.54 Å². The Bertz CT molecular complexity index is 374. The summed E-state index contributed by atoms with van der Waals surface area (Å²) in [5.41, 5.74) is 1.30. The van der Waals surface area contributed by atoms with Crippen LogP contribution in [0.25, 0.3) is 0 Å². The molecule has 1 aromatic rings. The van der Waals surface area contributed by atoms with Crippen molar-refractivity contribution in [1.29, 1.82) is 0 Å². The minimum atomic E-state index is -2.89. The van der Waals surface area contributed by atoms with Crippen LogP contribution < -0.4 is 5.32 Å². The second-order valence-corrected chi connectivity index (χ2v) is 6.34. The molecule has 0 amide bonds. The SMILES string of the molecule is CCOP(=O)(CCNCCc1ccccc1)OCC. The summed E-state index contributed by atoms with van der Waals surface area (Å²) in [4.78, 5) is 0. The summed E-state index contributed by atoms with van der Waals surface area (Å²) in [5.74, 6) is 0. The molecule has 5 heteroatoms. The number of hydrogen-bond acceptors (Lipinski definition) is 4. The smallest absolute Gasteiger partial charge is 0.316 e. The standard InChI is InChI=1S/C14H24NO3P/c1-3-17-19(16,18-4-2)13-12-15-11-10-14-8-6-5-7-9-14/h5-9,15H,3-4,10-13H2,1-2H3. The van der Waals surface area contributed by atoms with Gasteiger partial charge in [0.25, 0.3) is 0 Å². The van der Waals surface area contributed by atoms with Crippen molar-refractivity contribution in [3.63, 3.8) is 0 Å². The molecule has 1 N–H and O–H groups in total. The number of nitrogens with one attached hydrogen (secondary N) is 1. The van der Waals surface area contributed by atoms with Gasteiger partial charge in [-0.25, -0.2) is 0 Å². The summed E-state index contributed by atoms with van der Waals surface area (Å²) in [6, 6.07) is 10.3. The predicted octanol–water partition coefficient (Wildman–Crippen LogP) is 3.08. The van der Waals surface area contributed by atoms with Gasteiger partial charge in [-0.3, -0.25) is 4.57 Å². The van der Waals surface area contributed by atoms with E-state index in [2.05, 4.69) is 17.4 Å². The molecular weight excluding hydrogens is 261 g/mol. The highest BCUT2D eigenvalue weighted by molar-refractivity contribution is 7.53. The van der Waals surface area contributed by atoms with Crippen LogP contribution in [0.2, 0.25) is 0 Å². The van der Waals surface area contributed by atoms with Gasteiger partial charge < -0.3 is 14.4 Å². The fourth-order valence-electron chi connectivity index (χ4n) is 1.78. The molecular formula is C14H24NO3P. The number of rotatable bonds is 10. The van der Waals surface area contributed by atoms with Crippen molar-refractivity contribution in [3.05, 3.63) is 35.9 Å². The van der Waals surface area contributed by atoms with Gasteiger partial charge in [0.15, 0.2) is 0 Å². The minimum Gasteiger partial charge on any atom is -0.316 e. The highest BCUT2D eigenvalue weighted by atomic mass is 31.2.